The Morgan fingerprint density at radius 2 is 1.43 bits per heavy atom. The molecular weight excluding hydrogens is 404 g/mol. The number of carbonyl (C=O) groups is 2. The monoisotopic (exact) mass is 430 g/mol. The van der Waals surface area contributed by atoms with Gasteiger partial charge in [-0.05, 0) is 31.5 Å². The van der Waals surface area contributed by atoms with Crippen LogP contribution in [0.1, 0.15) is 19.4 Å². The maximum Gasteiger partial charge on any atom is 0.316 e. The maximum atomic E-state index is 12.7. The van der Waals surface area contributed by atoms with E-state index in [2.05, 4.69) is 0 Å². The van der Waals surface area contributed by atoms with E-state index in [1.807, 2.05) is 30.3 Å². The summed E-state index contributed by atoms with van der Waals surface area (Å²) in [5.41, 5.74) is -0.0635. The Labute approximate surface area is 177 Å². The first-order chi connectivity index (χ1) is 14.2. The lowest BCUT2D eigenvalue weighted by molar-refractivity contribution is -0.156. The molecule has 7 nitrogen and oxygen atoms in total. The predicted molar refractivity (Wildman–Crippen MR) is 112 cm³/mol. The minimum atomic E-state index is -3.58. The molecule has 0 aromatic heterocycles. The SMILES string of the molecule is CC(C)(C(=O)OCC(=O)N1CCN(S(=O)(=O)c2ccccc2)CC1)c1ccccc1. The minimum absolute atomic E-state index is 0.201. The topological polar surface area (TPSA) is 84.0 Å². The van der Waals surface area contributed by atoms with Crippen LogP contribution < -0.4 is 0 Å². The molecular formula is C22H26N2O5S. The van der Waals surface area contributed by atoms with Gasteiger partial charge in [-0.2, -0.15) is 4.31 Å². The number of rotatable bonds is 6. The molecule has 0 unspecified atom stereocenters. The number of benzene rings is 2. The Kier molecular flexibility index (Phi) is 6.58. The largest absolute Gasteiger partial charge is 0.455 e. The molecule has 8 heteroatoms. The van der Waals surface area contributed by atoms with Crippen LogP contribution in [-0.2, 0) is 29.8 Å². The second-order valence-electron chi connectivity index (χ2n) is 7.67. The van der Waals surface area contributed by atoms with Gasteiger partial charge in [-0.15, -0.1) is 0 Å². The molecule has 0 bridgehead atoms. The highest BCUT2D eigenvalue weighted by molar-refractivity contribution is 7.89. The van der Waals surface area contributed by atoms with Gasteiger partial charge in [0.25, 0.3) is 5.91 Å². The summed E-state index contributed by atoms with van der Waals surface area (Å²) >= 11 is 0. The second-order valence-corrected chi connectivity index (χ2v) is 9.60. The van der Waals surface area contributed by atoms with Crippen molar-refractivity contribution in [2.75, 3.05) is 32.8 Å². The Morgan fingerprint density at radius 3 is 2.00 bits per heavy atom. The molecule has 1 heterocycles. The van der Waals surface area contributed by atoms with Crippen LogP contribution in [0.2, 0.25) is 0 Å². The number of sulfonamides is 1. The molecule has 0 radical (unpaired) electrons. The lowest BCUT2D eigenvalue weighted by atomic mass is 9.85. The molecule has 1 aliphatic heterocycles. The van der Waals surface area contributed by atoms with Crippen LogP contribution in [0.5, 0.6) is 0 Å². The molecule has 160 valence electrons. The molecule has 1 fully saturated rings. The van der Waals surface area contributed by atoms with Crippen LogP contribution in [0.15, 0.2) is 65.6 Å². The van der Waals surface area contributed by atoms with E-state index >= 15 is 0 Å². The highest BCUT2D eigenvalue weighted by Gasteiger charge is 2.33. The van der Waals surface area contributed by atoms with Crippen molar-refractivity contribution < 1.29 is 22.7 Å². The Bertz CT molecular complexity index is 983. The van der Waals surface area contributed by atoms with Crippen molar-refractivity contribution in [3.63, 3.8) is 0 Å². The lowest BCUT2D eigenvalue weighted by Crippen LogP contribution is -2.51. The van der Waals surface area contributed by atoms with Gasteiger partial charge in [-0.1, -0.05) is 48.5 Å². The molecule has 0 aliphatic carbocycles. The van der Waals surface area contributed by atoms with Gasteiger partial charge in [0.15, 0.2) is 6.61 Å². The van der Waals surface area contributed by atoms with E-state index in [1.54, 1.807) is 44.2 Å². The number of nitrogens with zero attached hydrogens (tertiary/aromatic N) is 2. The predicted octanol–water partition coefficient (Wildman–Crippen LogP) is 2.04. The summed E-state index contributed by atoms with van der Waals surface area (Å²) in [6, 6.07) is 17.5. The maximum absolute atomic E-state index is 12.7. The van der Waals surface area contributed by atoms with Gasteiger partial charge in [0, 0.05) is 26.2 Å². The number of piperazine rings is 1. The van der Waals surface area contributed by atoms with Crippen LogP contribution in [0.4, 0.5) is 0 Å². The van der Waals surface area contributed by atoms with E-state index in [4.69, 9.17) is 4.74 Å². The third-order valence-corrected chi connectivity index (χ3v) is 7.22. The van der Waals surface area contributed by atoms with Gasteiger partial charge < -0.3 is 9.64 Å². The van der Waals surface area contributed by atoms with Gasteiger partial charge >= 0.3 is 5.97 Å². The van der Waals surface area contributed by atoms with Crippen LogP contribution in [-0.4, -0.2) is 62.3 Å². The van der Waals surface area contributed by atoms with E-state index in [0.717, 1.165) is 5.56 Å². The molecule has 3 rings (SSSR count). The third-order valence-electron chi connectivity index (χ3n) is 5.30. The number of carbonyl (C=O) groups excluding carboxylic acids is 2. The van der Waals surface area contributed by atoms with Crippen molar-refractivity contribution in [1.82, 2.24) is 9.21 Å². The average Bonchev–Trinajstić information content (AvgIpc) is 2.78. The Balaban J connectivity index is 1.53. The average molecular weight is 431 g/mol. The highest BCUT2D eigenvalue weighted by atomic mass is 32.2. The standard InChI is InChI=1S/C22H26N2O5S/c1-22(2,18-9-5-3-6-10-18)21(26)29-17-20(25)23-13-15-24(16-14-23)30(27,28)19-11-7-4-8-12-19/h3-12H,13-17H2,1-2H3. The van der Waals surface area contributed by atoms with E-state index in [9.17, 15) is 18.0 Å². The summed E-state index contributed by atoms with van der Waals surface area (Å²) < 4.78 is 32.0. The zero-order chi connectivity index (χ0) is 21.8. The molecule has 0 spiro atoms. The first kappa shape index (κ1) is 22.0. The molecule has 0 saturated carbocycles. The summed E-state index contributed by atoms with van der Waals surface area (Å²) in [4.78, 5) is 26.8. The number of hydrogen-bond donors (Lipinski definition) is 0. The first-order valence-electron chi connectivity index (χ1n) is 9.78. The normalized spacial score (nSPS) is 15.6. The number of hydrogen-bond acceptors (Lipinski definition) is 5. The van der Waals surface area contributed by atoms with Crippen molar-refractivity contribution in [3.8, 4) is 0 Å². The van der Waals surface area contributed by atoms with Crippen LogP contribution in [0, 0.1) is 0 Å². The smallest absolute Gasteiger partial charge is 0.316 e. The van der Waals surface area contributed by atoms with Gasteiger partial charge in [-0.3, -0.25) is 9.59 Å². The number of ether oxygens (including phenoxy) is 1. The molecule has 0 atom stereocenters. The van der Waals surface area contributed by atoms with Gasteiger partial charge in [0.1, 0.15) is 0 Å². The van der Waals surface area contributed by atoms with Crippen molar-refractivity contribution in [1.29, 1.82) is 0 Å². The summed E-state index contributed by atoms with van der Waals surface area (Å²) in [7, 11) is -3.58. The summed E-state index contributed by atoms with van der Waals surface area (Å²) in [5.74, 6) is -0.809. The second kappa shape index (κ2) is 8.97. The van der Waals surface area contributed by atoms with Crippen molar-refractivity contribution in [3.05, 3.63) is 66.2 Å². The molecule has 2 aromatic carbocycles. The fourth-order valence-corrected chi connectivity index (χ4v) is 4.73. The van der Waals surface area contributed by atoms with Gasteiger partial charge in [0.2, 0.25) is 10.0 Å². The first-order valence-corrected chi connectivity index (χ1v) is 11.2. The number of amides is 1. The van der Waals surface area contributed by atoms with Crippen LogP contribution in [0.3, 0.4) is 0 Å². The Morgan fingerprint density at radius 1 is 0.900 bits per heavy atom. The summed E-state index contributed by atoms with van der Waals surface area (Å²) in [6.45, 7) is 4.05. The van der Waals surface area contributed by atoms with Crippen molar-refractivity contribution >= 4 is 21.9 Å². The zero-order valence-electron chi connectivity index (χ0n) is 17.2. The molecule has 1 amide bonds. The van der Waals surface area contributed by atoms with Crippen molar-refractivity contribution in [2.45, 2.75) is 24.2 Å². The van der Waals surface area contributed by atoms with E-state index < -0.39 is 21.4 Å². The fourth-order valence-electron chi connectivity index (χ4n) is 3.29. The third kappa shape index (κ3) is 4.71. The van der Waals surface area contributed by atoms with E-state index in [1.165, 1.54) is 9.21 Å². The molecule has 30 heavy (non-hydrogen) atoms. The zero-order valence-corrected chi connectivity index (χ0v) is 18.0. The minimum Gasteiger partial charge on any atom is -0.455 e. The lowest BCUT2D eigenvalue weighted by Gasteiger charge is -2.34. The van der Waals surface area contributed by atoms with Gasteiger partial charge in [-0.25, -0.2) is 8.42 Å². The summed E-state index contributed by atoms with van der Waals surface area (Å²) in [6.07, 6.45) is 0. The molecule has 1 aliphatic rings. The van der Waals surface area contributed by atoms with Crippen molar-refractivity contribution in [2.24, 2.45) is 0 Å². The number of esters is 1. The molecule has 1 saturated heterocycles. The fraction of sp³-hybridized carbons (Fsp3) is 0.364. The summed E-state index contributed by atoms with van der Waals surface area (Å²) in [5, 5.41) is 0. The van der Waals surface area contributed by atoms with Gasteiger partial charge in [0.05, 0.1) is 10.3 Å². The van der Waals surface area contributed by atoms with Crippen LogP contribution >= 0.6 is 0 Å². The van der Waals surface area contributed by atoms with E-state index in [-0.39, 0.29) is 43.6 Å². The Hall–Kier alpha value is -2.71. The highest BCUT2D eigenvalue weighted by Crippen LogP contribution is 2.24. The molecule has 2 aromatic rings. The van der Waals surface area contributed by atoms with Crippen LogP contribution in [0.25, 0.3) is 0 Å². The molecule has 0 N–H and O–H groups in total. The van der Waals surface area contributed by atoms with E-state index in [0.29, 0.717) is 0 Å². The quantitative estimate of drug-likeness (QED) is 0.655.